The normalized spacial score (nSPS) is 15.7. The van der Waals surface area contributed by atoms with Crippen molar-refractivity contribution in [2.24, 2.45) is 0 Å². The Bertz CT molecular complexity index is 443. The van der Waals surface area contributed by atoms with E-state index in [9.17, 15) is 4.79 Å². The van der Waals surface area contributed by atoms with Gasteiger partial charge in [-0.3, -0.25) is 9.69 Å². The number of rotatable bonds is 6. The summed E-state index contributed by atoms with van der Waals surface area (Å²) in [6, 6.07) is 3.56. The highest BCUT2D eigenvalue weighted by Gasteiger charge is 2.12. The molecule has 0 atom stereocenters. The first-order valence-electron chi connectivity index (χ1n) is 7.47. The largest absolute Gasteiger partial charge is 0.357 e. The predicted octanol–water partition coefficient (Wildman–Crippen LogP) is -0.432. The Kier molecular flexibility index (Phi) is 5.89. The van der Waals surface area contributed by atoms with Gasteiger partial charge in [0.2, 0.25) is 0 Å². The number of aromatic nitrogens is 2. The van der Waals surface area contributed by atoms with Gasteiger partial charge in [-0.1, -0.05) is 0 Å². The van der Waals surface area contributed by atoms with E-state index in [1.54, 1.807) is 6.07 Å². The first kappa shape index (κ1) is 15.7. The Balaban J connectivity index is 1.84. The molecule has 0 aliphatic carbocycles. The molecular formula is C14H24N6O. The van der Waals surface area contributed by atoms with Gasteiger partial charge in [0.15, 0.2) is 11.5 Å². The van der Waals surface area contributed by atoms with E-state index >= 15 is 0 Å². The third-order valence-electron chi connectivity index (χ3n) is 3.57. The van der Waals surface area contributed by atoms with Crippen LogP contribution < -0.4 is 15.5 Å². The summed E-state index contributed by atoms with van der Waals surface area (Å²) in [5.41, 5.74) is 0.358. The molecule has 0 spiro atoms. The molecule has 1 aromatic heterocycles. The highest BCUT2D eigenvalue weighted by Crippen LogP contribution is 2.07. The third-order valence-corrected chi connectivity index (χ3v) is 3.57. The summed E-state index contributed by atoms with van der Waals surface area (Å²) in [5.74, 6) is 0.609. The van der Waals surface area contributed by atoms with Crippen LogP contribution in [0.2, 0.25) is 0 Å². The van der Waals surface area contributed by atoms with Crippen molar-refractivity contribution in [3.05, 3.63) is 17.8 Å². The molecule has 7 heteroatoms. The molecule has 0 radical (unpaired) electrons. The lowest BCUT2D eigenvalue weighted by Crippen LogP contribution is -2.46. The average Bonchev–Trinajstić information content (AvgIpc) is 2.54. The molecule has 0 unspecified atom stereocenters. The molecule has 2 rings (SSSR count). The predicted molar refractivity (Wildman–Crippen MR) is 82.6 cm³/mol. The maximum Gasteiger partial charge on any atom is 0.271 e. The minimum absolute atomic E-state index is 0.181. The highest BCUT2D eigenvalue weighted by molar-refractivity contribution is 5.92. The van der Waals surface area contributed by atoms with Gasteiger partial charge in [-0.05, 0) is 19.1 Å². The lowest BCUT2D eigenvalue weighted by atomic mass is 10.3. The fraction of sp³-hybridized carbons (Fsp3) is 0.643. The minimum Gasteiger partial charge on any atom is -0.357 e. The van der Waals surface area contributed by atoms with E-state index in [0.717, 1.165) is 45.1 Å². The summed E-state index contributed by atoms with van der Waals surface area (Å²) >= 11 is 0. The Morgan fingerprint density at radius 3 is 2.76 bits per heavy atom. The van der Waals surface area contributed by atoms with Crippen LogP contribution in [-0.4, -0.2) is 73.9 Å². The maximum atomic E-state index is 11.6. The second kappa shape index (κ2) is 7.90. The van der Waals surface area contributed by atoms with Gasteiger partial charge in [0, 0.05) is 52.9 Å². The van der Waals surface area contributed by atoms with E-state index < -0.39 is 0 Å². The zero-order chi connectivity index (χ0) is 15.1. The zero-order valence-electron chi connectivity index (χ0n) is 12.8. The minimum atomic E-state index is -0.181. The van der Waals surface area contributed by atoms with Gasteiger partial charge < -0.3 is 15.5 Å². The summed E-state index contributed by atoms with van der Waals surface area (Å²) in [7, 11) is 2.00. The second-order valence-electron chi connectivity index (χ2n) is 5.15. The molecule has 21 heavy (non-hydrogen) atoms. The summed E-state index contributed by atoms with van der Waals surface area (Å²) in [6.45, 7) is 8.68. The number of amides is 1. The standard InChI is InChI=1S/C14H24N6O/c1-3-16-14(21)12-4-5-13(18-17-12)19(2)10-11-20-8-6-15-7-9-20/h4-5,15H,3,6-11H2,1-2H3,(H,16,21). The summed E-state index contributed by atoms with van der Waals surface area (Å²) in [6.07, 6.45) is 0. The van der Waals surface area contributed by atoms with Crippen molar-refractivity contribution in [1.29, 1.82) is 0 Å². The van der Waals surface area contributed by atoms with Crippen molar-refractivity contribution in [2.75, 3.05) is 57.8 Å². The van der Waals surface area contributed by atoms with Gasteiger partial charge in [-0.15, -0.1) is 10.2 Å². The van der Waals surface area contributed by atoms with Crippen molar-refractivity contribution in [1.82, 2.24) is 25.7 Å². The van der Waals surface area contributed by atoms with Crippen molar-refractivity contribution in [3.8, 4) is 0 Å². The molecule has 1 amide bonds. The lowest BCUT2D eigenvalue weighted by molar-refractivity contribution is 0.0950. The molecule has 2 heterocycles. The highest BCUT2D eigenvalue weighted by atomic mass is 16.1. The number of carbonyl (C=O) groups is 1. The number of likely N-dealkylation sites (N-methyl/N-ethyl adjacent to an activating group) is 1. The molecule has 1 fully saturated rings. The fourth-order valence-corrected chi connectivity index (χ4v) is 2.24. The van der Waals surface area contributed by atoms with Gasteiger partial charge in [0.25, 0.3) is 5.91 Å². The van der Waals surface area contributed by atoms with E-state index in [0.29, 0.717) is 12.2 Å². The summed E-state index contributed by atoms with van der Waals surface area (Å²) in [5, 5.41) is 14.2. The van der Waals surface area contributed by atoms with Crippen molar-refractivity contribution in [2.45, 2.75) is 6.92 Å². The van der Waals surface area contributed by atoms with Crippen LogP contribution in [-0.2, 0) is 0 Å². The number of carbonyl (C=O) groups excluding carboxylic acids is 1. The SMILES string of the molecule is CCNC(=O)c1ccc(N(C)CCN2CCNCC2)nn1. The maximum absolute atomic E-state index is 11.6. The molecule has 7 nitrogen and oxygen atoms in total. The summed E-state index contributed by atoms with van der Waals surface area (Å²) < 4.78 is 0. The first-order valence-corrected chi connectivity index (χ1v) is 7.47. The molecule has 0 saturated carbocycles. The Hall–Kier alpha value is -1.73. The van der Waals surface area contributed by atoms with E-state index in [4.69, 9.17) is 0 Å². The van der Waals surface area contributed by atoms with Crippen LogP contribution in [0.1, 0.15) is 17.4 Å². The number of nitrogens with one attached hydrogen (secondary N) is 2. The topological polar surface area (TPSA) is 73.4 Å². The number of nitrogens with zero attached hydrogens (tertiary/aromatic N) is 4. The van der Waals surface area contributed by atoms with E-state index in [-0.39, 0.29) is 5.91 Å². The van der Waals surface area contributed by atoms with E-state index in [1.165, 1.54) is 0 Å². The van der Waals surface area contributed by atoms with Crippen molar-refractivity contribution in [3.63, 3.8) is 0 Å². The van der Waals surface area contributed by atoms with Crippen LogP contribution in [0.4, 0.5) is 5.82 Å². The fourth-order valence-electron chi connectivity index (χ4n) is 2.24. The second-order valence-corrected chi connectivity index (χ2v) is 5.15. The Morgan fingerprint density at radius 2 is 2.14 bits per heavy atom. The first-order chi connectivity index (χ1) is 10.2. The molecule has 1 aromatic rings. The number of anilines is 1. The van der Waals surface area contributed by atoms with Gasteiger partial charge >= 0.3 is 0 Å². The molecule has 0 bridgehead atoms. The van der Waals surface area contributed by atoms with Gasteiger partial charge in [0.05, 0.1) is 0 Å². The summed E-state index contributed by atoms with van der Waals surface area (Å²) in [4.78, 5) is 16.1. The third kappa shape index (κ3) is 4.64. The van der Waals surface area contributed by atoms with Crippen LogP contribution >= 0.6 is 0 Å². The quantitative estimate of drug-likeness (QED) is 0.741. The number of piperazine rings is 1. The molecule has 2 N–H and O–H groups in total. The van der Waals surface area contributed by atoms with Gasteiger partial charge in [-0.25, -0.2) is 0 Å². The smallest absolute Gasteiger partial charge is 0.271 e. The van der Waals surface area contributed by atoms with E-state index in [1.807, 2.05) is 20.0 Å². The van der Waals surface area contributed by atoms with Crippen molar-refractivity contribution >= 4 is 11.7 Å². The molecule has 1 aliphatic heterocycles. The molecule has 116 valence electrons. The van der Waals surface area contributed by atoms with Gasteiger partial charge in [-0.2, -0.15) is 0 Å². The zero-order valence-corrected chi connectivity index (χ0v) is 12.8. The Morgan fingerprint density at radius 1 is 1.38 bits per heavy atom. The number of hydrogen-bond donors (Lipinski definition) is 2. The van der Waals surface area contributed by atoms with Crippen molar-refractivity contribution < 1.29 is 4.79 Å². The Labute approximate surface area is 125 Å². The van der Waals surface area contributed by atoms with Crippen LogP contribution in [0, 0.1) is 0 Å². The van der Waals surface area contributed by atoms with Crippen LogP contribution in [0.5, 0.6) is 0 Å². The monoisotopic (exact) mass is 292 g/mol. The number of hydrogen-bond acceptors (Lipinski definition) is 6. The molecular weight excluding hydrogens is 268 g/mol. The van der Waals surface area contributed by atoms with Crippen LogP contribution in [0.15, 0.2) is 12.1 Å². The molecule has 0 aromatic carbocycles. The van der Waals surface area contributed by atoms with Crippen LogP contribution in [0.3, 0.4) is 0 Å². The van der Waals surface area contributed by atoms with Gasteiger partial charge in [0.1, 0.15) is 0 Å². The van der Waals surface area contributed by atoms with Crippen LogP contribution in [0.25, 0.3) is 0 Å². The average molecular weight is 292 g/mol. The van der Waals surface area contributed by atoms with E-state index in [2.05, 4.69) is 30.6 Å². The molecule has 1 aliphatic rings. The lowest BCUT2D eigenvalue weighted by Gasteiger charge is -2.29. The molecule has 1 saturated heterocycles.